The Morgan fingerprint density at radius 3 is 2.19 bits per heavy atom. The maximum absolute atomic E-state index is 13.9. The van der Waals surface area contributed by atoms with Gasteiger partial charge in [0.15, 0.2) is 0 Å². The van der Waals surface area contributed by atoms with Crippen molar-refractivity contribution in [3.05, 3.63) is 59.2 Å². The molecular formula is C16H13F4N. The Balaban J connectivity index is 2.04. The number of nitrogens with one attached hydrogen (secondary N) is 1. The number of rotatable bonds is 4. The van der Waals surface area contributed by atoms with Crippen molar-refractivity contribution in [2.45, 2.75) is 25.4 Å². The van der Waals surface area contributed by atoms with Gasteiger partial charge in [0.1, 0.15) is 23.3 Å². The molecule has 2 aromatic carbocycles. The molecular weight excluding hydrogens is 282 g/mol. The standard InChI is InChI=1S/C16H13F4N/c17-10-1-4-13(9(5-10)8-21-12-2-3-12)16-14(19)6-11(18)7-15(16)20/h1,4-7,12,21H,2-3,8H2. The smallest absolute Gasteiger partial charge is 0.136 e. The van der Waals surface area contributed by atoms with Gasteiger partial charge in [0, 0.05) is 24.7 Å². The van der Waals surface area contributed by atoms with E-state index in [2.05, 4.69) is 5.32 Å². The van der Waals surface area contributed by atoms with Crippen molar-refractivity contribution >= 4 is 0 Å². The maximum atomic E-state index is 13.9. The number of benzene rings is 2. The van der Waals surface area contributed by atoms with Crippen LogP contribution in [0.2, 0.25) is 0 Å². The van der Waals surface area contributed by atoms with Gasteiger partial charge in [0.2, 0.25) is 0 Å². The van der Waals surface area contributed by atoms with Crippen LogP contribution in [0.3, 0.4) is 0 Å². The molecule has 1 aliphatic rings. The van der Waals surface area contributed by atoms with E-state index in [4.69, 9.17) is 0 Å². The van der Waals surface area contributed by atoms with Gasteiger partial charge in [-0.1, -0.05) is 6.07 Å². The quantitative estimate of drug-likeness (QED) is 0.835. The van der Waals surface area contributed by atoms with Crippen molar-refractivity contribution in [2.75, 3.05) is 0 Å². The van der Waals surface area contributed by atoms with Gasteiger partial charge in [-0.15, -0.1) is 0 Å². The summed E-state index contributed by atoms with van der Waals surface area (Å²) in [6.07, 6.45) is 2.09. The van der Waals surface area contributed by atoms with E-state index in [1.165, 1.54) is 12.1 Å². The van der Waals surface area contributed by atoms with E-state index in [1.54, 1.807) is 0 Å². The lowest BCUT2D eigenvalue weighted by Gasteiger charge is -2.12. The van der Waals surface area contributed by atoms with Crippen molar-refractivity contribution in [1.29, 1.82) is 0 Å². The van der Waals surface area contributed by atoms with Crippen LogP contribution in [0.5, 0.6) is 0 Å². The maximum Gasteiger partial charge on any atom is 0.136 e. The molecule has 21 heavy (non-hydrogen) atoms. The lowest BCUT2D eigenvalue weighted by Crippen LogP contribution is -2.16. The first-order chi connectivity index (χ1) is 10.0. The van der Waals surface area contributed by atoms with E-state index in [1.807, 2.05) is 0 Å². The minimum atomic E-state index is -0.994. The van der Waals surface area contributed by atoms with Crippen molar-refractivity contribution in [3.8, 4) is 11.1 Å². The van der Waals surface area contributed by atoms with E-state index < -0.39 is 23.3 Å². The van der Waals surface area contributed by atoms with E-state index in [0.29, 0.717) is 30.3 Å². The summed E-state index contributed by atoms with van der Waals surface area (Å²) >= 11 is 0. The second-order valence-corrected chi connectivity index (χ2v) is 5.20. The molecule has 0 aliphatic heterocycles. The highest BCUT2D eigenvalue weighted by molar-refractivity contribution is 5.68. The van der Waals surface area contributed by atoms with Crippen LogP contribution in [0.25, 0.3) is 11.1 Å². The summed E-state index contributed by atoms with van der Waals surface area (Å²) in [7, 11) is 0. The molecule has 0 atom stereocenters. The molecule has 5 heteroatoms. The first-order valence-electron chi connectivity index (χ1n) is 6.71. The highest BCUT2D eigenvalue weighted by atomic mass is 19.1. The lowest BCUT2D eigenvalue weighted by molar-refractivity contribution is 0.547. The van der Waals surface area contributed by atoms with Crippen molar-refractivity contribution in [1.82, 2.24) is 5.32 Å². The average molecular weight is 295 g/mol. The third-order valence-electron chi connectivity index (χ3n) is 3.50. The van der Waals surface area contributed by atoms with Crippen molar-refractivity contribution < 1.29 is 17.6 Å². The van der Waals surface area contributed by atoms with E-state index >= 15 is 0 Å². The molecule has 1 saturated carbocycles. The molecule has 2 aromatic rings. The van der Waals surface area contributed by atoms with Gasteiger partial charge in [-0.05, 0) is 36.1 Å². The van der Waals surface area contributed by atoms with Gasteiger partial charge >= 0.3 is 0 Å². The third-order valence-corrected chi connectivity index (χ3v) is 3.50. The molecule has 0 amide bonds. The second kappa shape index (κ2) is 5.48. The molecule has 0 aromatic heterocycles. The zero-order valence-corrected chi connectivity index (χ0v) is 11.1. The fourth-order valence-corrected chi connectivity index (χ4v) is 2.29. The minimum absolute atomic E-state index is 0.236. The highest BCUT2D eigenvalue weighted by Gasteiger charge is 2.22. The Kier molecular flexibility index (Phi) is 3.68. The van der Waals surface area contributed by atoms with Gasteiger partial charge in [-0.3, -0.25) is 0 Å². The molecule has 0 radical (unpaired) electrons. The number of halogens is 4. The molecule has 1 fully saturated rings. The molecule has 0 bridgehead atoms. The Labute approximate surface area is 119 Å². The summed E-state index contributed by atoms with van der Waals surface area (Å²) in [5, 5.41) is 3.17. The fraction of sp³-hybridized carbons (Fsp3) is 0.250. The van der Waals surface area contributed by atoms with Crippen LogP contribution in [0.15, 0.2) is 30.3 Å². The van der Waals surface area contributed by atoms with Gasteiger partial charge < -0.3 is 5.32 Å². The molecule has 0 unspecified atom stereocenters. The summed E-state index contributed by atoms with van der Waals surface area (Å²) < 4.78 is 54.2. The van der Waals surface area contributed by atoms with E-state index in [9.17, 15) is 17.6 Å². The predicted octanol–water partition coefficient (Wildman–Crippen LogP) is 4.16. The van der Waals surface area contributed by atoms with E-state index in [0.717, 1.165) is 18.9 Å². The molecule has 0 saturated heterocycles. The SMILES string of the molecule is Fc1cc(F)c(-c2ccc(F)cc2CNC2CC2)c(F)c1. The largest absolute Gasteiger partial charge is 0.310 e. The molecule has 3 rings (SSSR count). The summed E-state index contributed by atoms with van der Waals surface area (Å²) in [6.45, 7) is 0.314. The lowest BCUT2D eigenvalue weighted by atomic mass is 9.98. The van der Waals surface area contributed by atoms with E-state index in [-0.39, 0.29) is 11.1 Å². The molecule has 0 heterocycles. The normalized spacial score (nSPS) is 14.5. The Hall–Kier alpha value is -1.88. The molecule has 0 spiro atoms. The minimum Gasteiger partial charge on any atom is -0.310 e. The molecule has 1 N–H and O–H groups in total. The van der Waals surface area contributed by atoms with Crippen LogP contribution in [-0.4, -0.2) is 6.04 Å². The predicted molar refractivity (Wildman–Crippen MR) is 71.6 cm³/mol. The van der Waals surface area contributed by atoms with Crippen LogP contribution < -0.4 is 5.32 Å². The molecule has 1 nitrogen and oxygen atoms in total. The molecule has 110 valence electrons. The number of hydrogen-bond acceptors (Lipinski definition) is 1. The zero-order valence-electron chi connectivity index (χ0n) is 11.1. The van der Waals surface area contributed by atoms with Crippen molar-refractivity contribution in [2.24, 2.45) is 0 Å². The first kappa shape index (κ1) is 14.1. The third kappa shape index (κ3) is 3.08. The zero-order chi connectivity index (χ0) is 15.0. The second-order valence-electron chi connectivity index (χ2n) is 5.20. The summed E-state index contributed by atoms with van der Waals surface area (Å²) in [5.74, 6) is -3.44. The van der Waals surface area contributed by atoms with Crippen LogP contribution >= 0.6 is 0 Å². The Morgan fingerprint density at radius 1 is 0.905 bits per heavy atom. The van der Waals surface area contributed by atoms with Gasteiger partial charge in [-0.25, -0.2) is 17.6 Å². The monoisotopic (exact) mass is 295 g/mol. The van der Waals surface area contributed by atoms with Gasteiger partial charge in [-0.2, -0.15) is 0 Å². The van der Waals surface area contributed by atoms with Crippen LogP contribution in [0, 0.1) is 23.3 Å². The van der Waals surface area contributed by atoms with Crippen LogP contribution in [0.1, 0.15) is 18.4 Å². The van der Waals surface area contributed by atoms with Crippen molar-refractivity contribution in [3.63, 3.8) is 0 Å². The first-order valence-corrected chi connectivity index (χ1v) is 6.71. The topological polar surface area (TPSA) is 12.0 Å². The highest BCUT2D eigenvalue weighted by Crippen LogP contribution is 2.31. The Bertz CT molecular complexity index is 657. The Morgan fingerprint density at radius 2 is 1.57 bits per heavy atom. The van der Waals surface area contributed by atoms with Gasteiger partial charge in [0.05, 0.1) is 5.56 Å². The average Bonchev–Trinajstić information content (AvgIpc) is 3.21. The van der Waals surface area contributed by atoms with Crippen LogP contribution in [0.4, 0.5) is 17.6 Å². The summed E-state index contributed by atoms with van der Waals surface area (Å²) in [5.41, 5.74) is 0.356. The summed E-state index contributed by atoms with van der Waals surface area (Å²) in [4.78, 5) is 0. The van der Waals surface area contributed by atoms with Gasteiger partial charge in [0.25, 0.3) is 0 Å². The summed E-state index contributed by atoms with van der Waals surface area (Å²) in [6, 6.07) is 5.33. The molecule has 1 aliphatic carbocycles. The fourth-order valence-electron chi connectivity index (χ4n) is 2.29. The van der Waals surface area contributed by atoms with Crippen LogP contribution in [-0.2, 0) is 6.54 Å². The number of hydrogen-bond donors (Lipinski definition) is 1.